The third-order valence-electron chi connectivity index (χ3n) is 5.56. The second kappa shape index (κ2) is 8.00. The number of likely N-dealkylation sites (tertiary alicyclic amines) is 1. The van der Waals surface area contributed by atoms with Gasteiger partial charge in [-0.2, -0.15) is 0 Å². The largest absolute Gasteiger partial charge is 0.374 e. The lowest BCUT2D eigenvalue weighted by molar-refractivity contribution is -0.598. The van der Waals surface area contributed by atoms with E-state index in [0.29, 0.717) is 0 Å². The minimum absolute atomic E-state index is 0.229. The average molecular weight is 326 g/mol. The summed E-state index contributed by atoms with van der Waals surface area (Å²) in [4.78, 5) is 2.65. The Morgan fingerprint density at radius 3 is 2.38 bits per heavy atom. The molecule has 1 aromatic carbocycles. The quantitative estimate of drug-likeness (QED) is 0.715. The molecule has 2 heterocycles. The van der Waals surface area contributed by atoms with Gasteiger partial charge in [-0.3, -0.25) is 0 Å². The molecule has 0 unspecified atom stereocenters. The molecule has 2 nitrogen and oxygen atoms in total. The Kier molecular flexibility index (Phi) is 5.76. The van der Waals surface area contributed by atoms with Crippen LogP contribution in [0.2, 0.25) is 0 Å². The number of hydrogen-bond acceptors (Lipinski definition) is 1. The molecule has 130 valence electrons. The van der Waals surface area contributed by atoms with Gasteiger partial charge in [-0.15, -0.1) is 0 Å². The molecule has 0 amide bonds. The number of benzene rings is 1. The predicted molar refractivity (Wildman–Crippen MR) is 103 cm³/mol. The zero-order valence-corrected chi connectivity index (χ0v) is 15.5. The first kappa shape index (κ1) is 17.3. The molecule has 1 aromatic rings. The van der Waals surface area contributed by atoms with Gasteiger partial charge in [0.2, 0.25) is 0 Å². The predicted octanol–water partition coefficient (Wildman–Crippen LogP) is 4.64. The van der Waals surface area contributed by atoms with Gasteiger partial charge in [0, 0.05) is 45.1 Å². The summed E-state index contributed by atoms with van der Waals surface area (Å²) in [6.07, 6.45) is 13.8. The van der Waals surface area contributed by atoms with Gasteiger partial charge in [-0.05, 0) is 24.8 Å². The van der Waals surface area contributed by atoms with Crippen LogP contribution in [0.3, 0.4) is 0 Å². The summed E-state index contributed by atoms with van der Waals surface area (Å²) in [5, 5.41) is 0. The zero-order valence-electron chi connectivity index (χ0n) is 15.5. The Bertz CT molecular complexity index is 575. The third-order valence-corrected chi connectivity index (χ3v) is 5.56. The molecule has 24 heavy (non-hydrogen) atoms. The van der Waals surface area contributed by atoms with Crippen molar-refractivity contribution in [2.45, 2.75) is 64.3 Å². The molecule has 2 aliphatic heterocycles. The number of rotatable bonds is 5. The summed E-state index contributed by atoms with van der Waals surface area (Å²) >= 11 is 0. The first-order chi connectivity index (χ1) is 11.6. The maximum atomic E-state index is 2.65. The first-order valence-electron chi connectivity index (χ1n) is 9.75. The number of nitrogens with zero attached hydrogens (tertiary/aromatic N) is 2. The molecular formula is C22H33N2+. The van der Waals surface area contributed by atoms with E-state index in [0.717, 1.165) is 6.54 Å². The molecule has 0 spiro atoms. The van der Waals surface area contributed by atoms with Crippen molar-refractivity contribution >= 4 is 6.21 Å². The van der Waals surface area contributed by atoms with Gasteiger partial charge in [0.15, 0.2) is 11.8 Å². The summed E-state index contributed by atoms with van der Waals surface area (Å²) in [6, 6.07) is 10.9. The lowest BCUT2D eigenvalue weighted by Crippen LogP contribution is -2.43. The molecule has 0 aromatic heterocycles. The average Bonchev–Trinajstić information content (AvgIpc) is 2.86. The van der Waals surface area contributed by atoms with Gasteiger partial charge in [-0.25, -0.2) is 4.58 Å². The first-order valence-corrected chi connectivity index (χ1v) is 9.75. The van der Waals surface area contributed by atoms with Gasteiger partial charge in [0.1, 0.15) is 6.54 Å². The van der Waals surface area contributed by atoms with Crippen LogP contribution < -0.4 is 0 Å². The standard InChI is InChI=1S/C22H33N2/c1-22(2)19-21(23-15-8-3-4-9-16-23)14-18-24(22)17-10-13-20-11-6-5-7-12-20/h5-7,11-12,14,18H,3-4,8-10,13,15-17,19H2,1-2H3/q+1. The van der Waals surface area contributed by atoms with Gasteiger partial charge < -0.3 is 4.90 Å². The third kappa shape index (κ3) is 4.49. The Morgan fingerprint density at radius 2 is 1.71 bits per heavy atom. The summed E-state index contributed by atoms with van der Waals surface area (Å²) in [7, 11) is 0. The zero-order chi connectivity index (χ0) is 16.8. The fourth-order valence-electron chi connectivity index (χ4n) is 4.03. The van der Waals surface area contributed by atoms with Crippen LogP contribution in [0.5, 0.6) is 0 Å². The minimum Gasteiger partial charge on any atom is -0.374 e. The molecular weight excluding hydrogens is 292 g/mol. The van der Waals surface area contributed by atoms with Crippen LogP contribution in [-0.4, -0.2) is 40.9 Å². The highest BCUT2D eigenvalue weighted by Crippen LogP contribution is 2.27. The SMILES string of the molecule is CC1(C)CC(N2CCCCCC2)=CC=[N+]1CCCc1ccccc1. The van der Waals surface area contributed by atoms with Crippen LogP contribution in [0.15, 0.2) is 42.1 Å². The lowest BCUT2D eigenvalue weighted by Gasteiger charge is -2.33. The molecule has 0 atom stereocenters. The van der Waals surface area contributed by atoms with E-state index in [1.54, 1.807) is 5.70 Å². The fourth-order valence-corrected chi connectivity index (χ4v) is 4.03. The van der Waals surface area contributed by atoms with Crippen molar-refractivity contribution < 1.29 is 4.58 Å². The van der Waals surface area contributed by atoms with E-state index in [-0.39, 0.29) is 5.54 Å². The van der Waals surface area contributed by atoms with Gasteiger partial charge in [-0.1, -0.05) is 43.2 Å². The van der Waals surface area contributed by atoms with Crippen LogP contribution in [0.4, 0.5) is 0 Å². The van der Waals surface area contributed by atoms with E-state index >= 15 is 0 Å². The summed E-state index contributed by atoms with van der Waals surface area (Å²) in [5.41, 5.74) is 3.24. The molecule has 0 saturated carbocycles. The smallest absolute Gasteiger partial charge is 0.165 e. The molecule has 0 bridgehead atoms. The highest BCUT2D eigenvalue weighted by atomic mass is 15.2. The molecule has 2 heteroatoms. The van der Waals surface area contributed by atoms with E-state index in [1.807, 2.05) is 0 Å². The van der Waals surface area contributed by atoms with Crippen molar-refractivity contribution in [2.24, 2.45) is 0 Å². The van der Waals surface area contributed by atoms with E-state index in [4.69, 9.17) is 0 Å². The van der Waals surface area contributed by atoms with Crippen LogP contribution in [0.25, 0.3) is 0 Å². The molecule has 1 saturated heterocycles. The lowest BCUT2D eigenvalue weighted by atomic mass is 9.93. The molecule has 2 aliphatic rings. The maximum Gasteiger partial charge on any atom is 0.165 e. The second-order valence-electron chi connectivity index (χ2n) is 7.98. The topological polar surface area (TPSA) is 6.25 Å². The minimum atomic E-state index is 0.229. The molecule has 1 fully saturated rings. The summed E-state index contributed by atoms with van der Waals surface area (Å²) < 4.78 is 2.55. The monoisotopic (exact) mass is 325 g/mol. The summed E-state index contributed by atoms with van der Waals surface area (Å²) in [6.45, 7) is 8.45. The number of hydrogen-bond donors (Lipinski definition) is 0. The van der Waals surface area contributed by atoms with Crippen molar-refractivity contribution in [2.75, 3.05) is 19.6 Å². The number of allylic oxidation sites excluding steroid dienone is 1. The van der Waals surface area contributed by atoms with Gasteiger partial charge in [0.25, 0.3) is 0 Å². The molecule has 0 radical (unpaired) electrons. The van der Waals surface area contributed by atoms with E-state index < -0.39 is 0 Å². The highest BCUT2D eigenvalue weighted by molar-refractivity contribution is 5.68. The summed E-state index contributed by atoms with van der Waals surface area (Å²) in [5.74, 6) is 0. The van der Waals surface area contributed by atoms with E-state index in [2.05, 4.69) is 65.9 Å². The van der Waals surface area contributed by atoms with Gasteiger partial charge in [0.05, 0.1) is 6.42 Å². The molecule has 0 aliphatic carbocycles. The molecule has 0 N–H and O–H groups in total. The van der Waals surface area contributed by atoms with E-state index in [1.165, 1.54) is 63.6 Å². The van der Waals surface area contributed by atoms with Crippen molar-refractivity contribution in [1.29, 1.82) is 0 Å². The maximum absolute atomic E-state index is 2.65. The molecule has 3 rings (SSSR count). The Hall–Kier alpha value is -1.57. The van der Waals surface area contributed by atoms with Crippen LogP contribution in [0.1, 0.15) is 57.9 Å². The van der Waals surface area contributed by atoms with Gasteiger partial charge >= 0.3 is 0 Å². The normalized spacial score (nSPS) is 21.0. The number of aryl methyl sites for hydroxylation is 1. The van der Waals surface area contributed by atoms with Crippen molar-refractivity contribution in [3.63, 3.8) is 0 Å². The van der Waals surface area contributed by atoms with Crippen LogP contribution >= 0.6 is 0 Å². The van der Waals surface area contributed by atoms with Crippen molar-refractivity contribution in [1.82, 2.24) is 4.90 Å². The fraction of sp³-hybridized carbons (Fsp3) is 0.591. The Morgan fingerprint density at radius 1 is 1.00 bits per heavy atom. The van der Waals surface area contributed by atoms with E-state index in [9.17, 15) is 0 Å². The highest BCUT2D eigenvalue weighted by Gasteiger charge is 2.35. The second-order valence-corrected chi connectivity index (χ2v) is 7.98. The van der Waals surface area contributed by atoms with Crippen LogP contribution in [-0.2, 0) is 6.42 Å². The van der Waals surface area contributed by atoms with Crippen molar-refractivity contribution in [3.8, 4) is 0 Å². The van der Waals surface area contributed by atoms with Crippen LogP contribution in [0, 0.1) is 0 Å². The Balaban J connectivity index is 1.60. The van der Waals surface area contributed by atoms with Crippen molar-refractivity contribution in [3.05, 3.63) is 47.7 Å². The Labute approximate surface area is 147 Å².